The summed E-state index contributed by atoms with van der Waals surface area (Å²) in [6.45, 7) is 2.06. The minimum absolute atomic E-state index is 0.667. The molecule has 0 amide bonds. The molecule has 0 aliphatic carbocycles. The van der Waals surface area contributed by atoms with Crippen molar-refractivity contribution in [2.24, 2.45) is 5.10 Å². The lowest BCUT2D eigenvalue weighted by atomic mass is 10.1. The van der Waals surface area contributed by atoms with Gasteiger partial charge in [0.1, 0.15) is 5.75 Å². The molecular formula is C23H20N4O. The number of methoxy groups -OCH3 is 1. The quantitative estimate of drug-likeness (QED) is 0.395. The second kappa shape index (κ2) is 7.88. The summed E-state index contributed by atoms with van der Waals surface area (Å²) in [5.74, 6) is 2.15. The van der Waals surface area contributed by atoms with Gasteiger partial charge in [-0.15, -0.1) is 0 Å². The molecule has 0 bridgehead atoms. The summed E-state index contributed by atoms with van der Waals surface area (Å²) in [5, 5.41) is 5.28. The van der Waals surface area contributed by atoms with Gasteiger partial charge in [0.2, 0.25) is 0 Å². The van der Waals surface area contributed by atoms with Crippen LogP contribution in [0.2, 0.25) is 0 Å². The van der Waals surface area contributed by atoms with E-state index in [1.54, 1.807) is 13.3 Å². The molecule has 1 N–H and O–H groups in total. The molecule has 0 unspecified atom stereocenters. The Bertz CT molecular complexity index is 1120. The van der Waals surface area contributed by atoms with Crippen molar-refractivity contribution >= 4 is 22.9 Å². The molecule has 138 valence electrons. The van der Waals surface area contributed by atoms with Gasteiger partial charge in [-0.3, -0.25) is 5.43 Å². The van der Waals surface area contributed by atoms with Crippen molar-refractivity contribution in [2.45, 2.75) is 6.92 Å². The fraction of sp³-hybridized carbons (Fsp3) is 0.0870. The molecule has 4 rings (SSSR count). The van der Waals surface area contributed by atoms with Crippen molar-refractivity contribution in [3.8, 4) is 17.1 Å². The van der Waals surface area contributed by atoms with E-state index in [1.165, 1.54) is 5.56 Å². The van der Waals surface area contributed by atoms with E-state index in [2.05, 4.69) is 29.6 Å². The number of nitrogens with one attached hydrogen (secondary N) is 1. The number of ether oxygens (including phenoxy) is 1. The van der Waals surface area contributed by atoms with Crippen LogP contribution in [0.15, 0.2) is 77.9 Å². The molecule has 0 aliphatic heterocycles. The van der Waals surface area contributed by atoms with E-state index in [1.807, 2.05) is 60.7 Å². The van der Waals surface area contributed by atoms with Gasteiger partial charge in [0.25, 0.3) is 0 Å². The zero-order valence-electron chi connectivity index (χ0n) is 15.8. The fourth-order valence-electron chi connectivity index (χ4n) is 2.85. The van der Waals surface area contributed by atoms with Crippen molar-refractivity contribution in [1.29, 1.82) is 0 Å². The second-order valence-corrected chi connectivity index (χ2v) is 6.42. The number of fused-ring (bicyclic) bond motifs is 1. The average Bonchev–Trinajstić information content (AvgIpc) is 2.74. The van der Waals surface area contributed by atoms with Crippen molar-refractivity contribution in [3.63, 3.8) is 0 Å². The molecular weight excluding hydrogens is 348 g/mol. The largest absolute Gasteiger partial charge is 0.497 e. The molecule has 0 radical (unpaired) electrons. The fourth-order valence-corrected chi connectivity index (χ4v) is 2.85. The van der Waals surface area contributed by atoms with E-state index >= 15 is 0 Å². The summed E-state index contributed by atoms with van der Waals surface area (Å²) in [4.78, 5) is 9.41. The monoisotopic (exact) mass is 368 g/mol. The molecule has 0 aliphatic rings. The smallest absolute Gasteiger partial charge is 0.162 e. The maximum Gasteiger partial charge on any atom is 0.162 e. The van der Waals surface area contributed by atoms with Gasteiger partial charge in [0, 0.05) is 10.9 Å². The molecule has 1 heterocycles. The molecule has 0 saturated carbocycles. The van der Waals surface area contributed by atoms with Crippen molar-refractivity contribution in [2.75, 3.05) is 12.5 Å². The van der Waals surface area contributed by atoms with Gasteiger partial charge in [-0.05, 0) is 48.9 Å². The Morgan fingerprint density at radius 2 is 1.64 bits per heavy atom. The van der Waals surface area contributed by atoms with E-state index in [9.17, 15) is 0 Å². The van der Waals surface area contributed by atoms with Crippen LogP contribution < -0.4 is 10.2 Å². The second-order valence-electron chi connectivity index (χ2n) is 6.42. The van der Waals surface area contributed by atoms with Crippen LogP contribution in [0.5, 0.6) is 5.75 Å². The van der Waals surface area contributed by atoms with E-state index in [0.717, 1.165) is 27.8 Å². The molecule has 0 spiro atoms. The Hall–Kier alpha value is -3.73. The lowest BCUT2D eigenvalue weighted by molar-refractivity contribution is 0.415. The van der Waals surface area contributed by atoms with Gasteiger partial charge in [0.15, 0.2) is 11.6 Å². The van der Waals surface area contributed by atoms with Gasteiger partial charge in [0.05, 0.1) is 18.8 Å². The third kappa shape index (κ3) is 3.83. The van der Waals surface area contributed by atoms with Crippen LogP contribution in [0.4, 0.5) is 5.82 Å². The SMILES string of the molecule is COc1ccc(C=NNc2nc(-c3ccc(C)cc3)nc3ccccc23)cc1. The first-order valence-corrected chi connectivity index (χ1v) is 9.00. The zero-order chi connectivity index (χ0) is 19.3. The van der Waals surface area contributed by atoms with Crippen LogP contribution >= 0.6 is 0 Å². The number of hydrogen-bond acceptors (Lipinski definition) is 5. The highest BCUT2D eigenvalue weighted by Crippen LogP contribution is 2.25. The predicted octanol–water partition coefficient (Wildman–Crippen LogP) is 5.06. The summed E-state index contributed by atoms with van der Waals surface area (Å²) in [6.07, 6.45) is 1.75. The first-order valence-electron chi connectivity index (χ1n) is 9.00. The lowest BCUT2D eigenvalue weighted by Crippen LogP contribution is -1.99. The van der Waals surface area contributed by atoms with Crippen LogP contribution in [-0.2, 0) is 0 Å². The van der Waals surface area contributed by atoms with E-state index < -0.39 is 0 Å². The normalized spacial score (nSPS) is 11.1. The molecule has 28 heavy (non-hydrogen) atoms. The Kier molecular flexibility index (Phi) is 4.97. The van der Waals surface area contributed by atoms with E-state index in [4.69, 9.17) is 14.7 Å². The van der Waals surface area contributed by atoms with Gasteiger partial charge in [-0.25, -0.2) is 9.97 Å². The summed E-state index contributed by atoms with van der Waals surface area (Å²) < 4.78 is 5.18. The van der Waals surface area contributed by atoms with Crippen LogP contribution in [0, 0.1) is 6.92 Å². The first kappa shape index (κ1) is 17.7. The molecule has 0 fully saturated rings. The Labute approximate surface area is 163 Å². The van der Waals surface area contributed by atoms with Crippen LogP contribution in [0.25, 0.3) is 22.3 Å². The topological polar surface area (TPSA) is 59.4 Å². The van der Waals surface area contributed by atoms with Gasteiger partial charge < -0.3 is 4.74 Å². The number of para-hydroxylation sites is 1. The number of benzene rings is 3. The van der Waals surface area contributed by atoms with Crippen LogP contribution in [-0.4, -0.2) is 23.3 Å². The van der Waals surface area contributed by atoms with Crippen molar-refractivity contribution in [1.82, 2.24) is 9.97 Å². The predicted molar refractivity (Wildman–Crippen MR) is 114 cm³/mol. The summed E-state index contributed by atoms with van der Waals surface area (Å²) >= 11 is 0. The highest BCUT2D eigenvalue weighted by atomic mass is 16.5. The number of hydrogen-bond donors (Lipinski definition) is 1. The first-order chi connectivity index (χ1) is 13.7. The minimum atomic E-state index is 0.667. The van der Waals surface area contributed by atoms with Gasteiger partial charge >= 0.3 is 0 Å². The highest BCUT2D eigenvalue weighted by molar-refractivity contribution is 5.91. The van der Waals surface area contributed by atoms with Gasteiger partial charge in [-0.1, -0.05) is 42.0 Å². The molecule has 5 nitrogen and oxygen atoms in total. The molecule has 0 atom stereocenters. The molecule has 3 aromatic carbocycles. The molecule has 0 saturated heterocycles. The average molecular weight is 368 g/mol. The Morgan fingerprint density at radius 1 is 0.893 bits per heavy atom. The molecule has 1 aromatic heterocycles. The number of hydrazone groups is 1. The zero-order valence-corrected chi connectivity index (χ0v) is 15.8. The number of aromatic nitrogens is 2. The maximum absolute atomic E-state index is 5.18. The third-order valence-corrected chi connectivity index (χ3v) is 4.41. The third-order valence-electron chi connectivity index (χ3n) is 4.41. The van der Waals surface area contributed by atoms with Crippen LogP contribution in [0.1, 0.15) is 11.1 Å². The lowest BCUT2D eigenvalue weighted by Gasteiger charge is -2.08. The summed E-state index contributed by atoms with van der Waals surface area (Å²) in [6, 6.07) is 23.8. The number of anilines is 1. The number of aryl methyl sites for hydroxylation is 1. The van der Waals surface area contributed by atoms with Crippen molar-refractivity contribution < 1.29 is 4.74 Å². The Balaban J connectivity index is 1.66. The summed E-state index contributed by atoms with van der Waals surface area (Å²) in [5.41, 5.74) is 7.08. The maximum atomic E-state index is 5.18. The number of rotatable bonds is 5. The van der Waals surface area contributed by atoms with E-state index in [0.29, 0.717) is 11.6 Å². The highest BCUT2D eigenvalue weighted by Gasteiger charge is 2.08. The molecule has 4 aromatic rings. The van der Waals surface area contributed by atoms with Crippen LogP contribution in [0.3, 0.4) is 0 Å². The number of nitrogens with zero attached hydrogens (tertiary/aromatic N) is 3. The van der Waals surface area contributed by atoms with Gasteiger partial charge in [-0.2, -0.15) is 5.10 Å². The minimum Gasteiger partial charge on any atom is -0.497 e. The Morgan fingerprint density at radius 3 is 2.39 bits per heavy atom. The standard InChI is InChI=1S/C23H20N4O/c1-16-7-11-18(12-8-16)22-25-21-6-4-3-5-20(21)23(26-22)27-24-15-17-9-13-19(28-2)14-10-17/h3-15H,1-2H3,(H,25,26,27). The summed E-state index contributed by atoms with van der Waals surface area (Å²) in [7, 11) is 1.65. The van der Waals surface area contributed by atoms with Crippen molar-refractivity contribution in [3.05, 3.63) is 83.9 Å². The molecule has 5 heteroatoms. The van der Waals surface area contributed by atoms with E-state index in [-0.39, 0.29) is 0 Å².